The first-order valence-corrected chi connectivity index (χ1v) is 9.55. The van der Waals surface area contributed by atoms with Gasteiger partial charge in [0, 0.05) is 5.56 Å². The van der Waals surface area contributed by atoms with Gasteiger partial charge in [-0.1, -0.05) is 48.5 Å². The van der Waals surface area contributed by atoms with Crippen LogP contribution >= 0.6 is 0 Å². The standard InChI is InChI=1S/C24H18N4O2/c1-15-12-13-19(29-15)20-18(14-25)23(26)30-24-21(20)22(16-8-4-2-5-9-16)27-28(24)17-10-6-3-7-11-17/h2-13,20H,26H2,1H3. The van der Waals surface area contributed by atoms with Crippen LogP contribution in [0, 0.1) is 18.3 Å². The van der Waals surface area contributed by atoms with Crippen molar-refractivity contribution in [3.8, 4) is 28.9 Å². The molecule has 1 unspecified atom stereocenters. The molecule has 146 valence electrons. The van der Waals surface area contributed by atoms with E-state index >= 15 is 0 Å². The summed E-state index contributed by atoms with van der Waals surface area (Å²) < 4.78 is 13.6. The molecule has 30 heavy (non-hydrogen) atoms. The number of nitrogens with zero attached hydrogens (tertiary/aromatic N) is 3. The second kappa shape index (κ2) is 6.98. The van der Waals surface area contributed by atoms with Crippen LogP contribution < -0.4 is 10.5 Å². The molecule has 0 spiro atoms. The molecule has 6 nitrogen and oxygen atoms in total. The molecule has 2 N–H and O–H groups in total. The first kappa shape index (κ1) is 17.8. The fraction of sp³-hybridized carbons (Fsp3) is 0.0833. The summed E-state index contributed by atoms with van der Waals surface area (Å²) >= 11 is 0. The van der Waals surface area contributed by atoms with Crippen molar-refractivity contribution in [3.63, 3.8) is 0 Å². The third-order valence-electron chi connectivity index (χ3n) is 5.14. The van der Waals surface area contributed by atoms with E-state index in [0.29, 0.717) is 22.9 Å². The smallest absolute Gasteiger partial charge is 0.229 e. The first-order chi connectivity index (χ1) is 14.7. The third kappa shape index (κ3) is 2.76. The van der Waals surface area contributed by atoms with E-state index in [1.807, 2.05) is 79.7 Å². The van der Waals surface area contributed by atoms with E-state index in [1.165, 1.54) is 0 Å². The number of benzene rings is 2. The zero-order valence-electron chi connectivity index (χ0n) is 16.2. The molecule has 6 heteroatoms. The molecule has 0 saturated carbocycles. The number of nitrogens with two attached hydrogens (primary N) is 1. The Labute approximate surface area is 173 Å². The summed E-state index contributed by atoms with van der Waals surface area (Å²) in [6.07, 6.45) is 0. The minimum Gasteiger partial charge on any atom is -0.465 e. The molecule has 0 aliphatic carbocycles. The number of fused-ring (bicyclic) bond motifs is 1. The van der Waals surface area contributed by atoms with E-state index in [0.717, 1.165) is 22.6 Å². The molecule has 0 bridgehead atoms. The van der Waals surface area contributed by atoms with Gasteiger partial charge in [0.1, 0.15) is 28.9 Å². The number of rotatable bonds is 3. The molecule has 0 radical (unpaired) electrons. The third-order valence-corrected chi connectivity index (χ3v) is 5.14. The quantitative estimate of drug-likeness (QED) is 0.546. The van der Waals surface area contributed by atoms with Crippen LogP contribution in [0.1, 0.15) is 23.0 Å². The molecule has 1 atom stereocenters. The summed E-state index contributed by atoms with van der Waals surface area (Å²) in [6.45, 7) is 1.87. The van der Waals surface area contributed by atoms with E-state index in [2.05, 4.69) is 6.07 Å². The van der Waals surface area contributed by atoms with E-state index in [9.17, 15) is 5.26 Å². The van der Waals surface area contributed by atoms with Gasteiger partial charge in [-0.3, -0.25) is 0 Å². The first-order valence-electron chi connectivity index (χ1n) is 9.55. The summed E-state index contributed by atoms with van der Waals surface area (Å²) in [4.78, 5) is 0. The number of aryl methyl sites for hydroxylation is 1. The second-order valence-corrected chi connectivity index (χ2v) is 7.05. The molecule has 2 aromatic carbocycles. The summed E-state index contributed by atoms with van der Waals surface area (Å²) in [5.74, 6) is 1.41. The molecule has 0 saturated heterocycles. The van der Waals surface area contributed by atoms with Crippen molar-refractivity contribution in [1.29, 1.82) is 5.26 Å². The van der Waals surface area contributed by atoms with Crippen LogP contribution in [0.2, 0.25) is 0 Å². The minimum absolute atomic E-state index is 0.0562. The van der Waals surface area contributed by atoms with Gasteiger partial charge >= 0.3 is 0 Å². The average Bonchev–Trinajstić information content (AvgIpc) is 3.37. The van der Waals surface area contributed by atoms with Crippen LogP contribution in [-0.2, 0) is 0 Å². The van der Waals surface area contributed by atoms with Crippen LogP contribution in [0.15, 0.2) is 88.7 Å². The predicted octanol–water partition coefficient (Wildman–Crippen LogP) is 4.66. The summed E-state index contributed by atoms with van der Waals surface area (Å²) in [5, 5.41) is 14.8. The van der Waals surface area contributed by atoms with E-state index in [1.54, 1.807) is 4.68 Å². The summed E-state index contributed by atoms with van der Waals surface area (Å²) in [6, 6.07) is 25.5. The van der Waals surface area contributed by atoms with Crippen molar-refractivity contribution >= 4 is 0 Å². The van der Waals surface area contributed by atoms with E-state index < -0.39 is 5.92 Å². The maximum absolute atomic E-state index is 9.87. The van der Waals surface area contributed by atoms with Crippen LogP contribution in [0.4, 0.5) is 0 Å². The van der Waals surface area contributed by atoms with Gasteiger partial charge in [0.05, 0.1) is 17.2 Å². The Kier molecular flexibility index (Phi) is 4.15. The lowest BCUT2D eigenvalue weighted by Gasteiger charge is -2.23. The SMILES string of the molecule is Cc1ccc(C2C(C#N)=C(N)Oc3c2c(-c2ccccc2)nn3-c2ccccc2)o1. The second-order valence-electron chi connectivity index (χ2n) is 7.05. The highest BCUT2D eigenvalue weighted by Crippen LogP contribution is 2.47. The number of ether oxygens (including phenoxy) is 1. The fourth-order valence-corrected chi connectivity index (χ4v) is 3.78. The molecule has 0 amide bonds. The Morgan fingerprint density at radius 1 is 1.00 bits per heavy atom. The highest BCUT2D eigenvalue weighted by atomic mass is 16.5. The fourth-order valence-electron chi connectivity index (χ4n) is 3.78. The van der Waals surface area contributed by atoms with E-state index in [-0.39, 0.29) is 5.88 Å². The molecule has 2 aromatic heterocycles. The van der Waals surface area contributed by atoms with Gasteiger partial charge in [-0.05, 0) is 31.2 Å². The summed E-state index contributed by atoms with van der Waals surface area (Å²) in [5.41, 5.74) is 9.71. The highest BCUT2D eigenvalue weighted by molar-refractivity contribution is 5.71. The molecule has 4 aromatic rings. The molecule has 3 heterocycles. The number of para-hydroxylation sites is 1. The van der Waals surface area contributed by atoms with Gasteiger partial charge in [-0.25, -0.2) is 0 Å². The lowest BCUT2D eigenvalue weighted by atomic mass is 9.86. The van der Waals surface area contributed by atoms with Gasteiger partial charge in [0.25, 0.3) is 0 Å². The van der Waals surface area contributed by atoms with Gasteiger partial charge in [0.2, 0.25) is 11.8 Å². The highest BCUT2D eigenvalue weighted by Gasteiger charge is 2.39. The zero-order chi connectivity index (χ0) is 20.7. The van der Waals surface area contributed by atoms with E-state index in [4.69, 9.17) is 20.0 Å². The minimum atomic E-state index is -0.514. The number of furan rings is 1. The van der Waals surface area contributed by atoms with Crippen molar-refractivity contribution in [2.24, 2.45) is 5.73 Å². The maximum atomic E-state index is 9.87. The predicted molar refractivity (Wildman–Crippen MR) is 112 cm³/mol. The zero-order valence-corrected chi connectivity index (χ0v) is 16.2. The Morgan fingerprint density at radius 3 is 2.33 bits per heavy atom. The van der Waals surface area contributed by atoms with Crippen LogP contribution in [0.3, 0.4) is 0 Å². The van der Waals surface area contributed by atoms with Crippen molar-refractivity contribution < 1.29 is 9.15 Å². The molecule has 1 aliphatic rings. The Morgan fingerprint density at radius 2 is 1.70 bits per heavy atom. The van der Waals surface area contributed by atoms with Crippen LogP contribution in [-0.4, -0.2) is 9.78 Å². The Balaban J connectivity index is 1.83. The topological polar surface area (TPSA) is 90.0 Å². The molecular formula is C24H18N4O2. The number of nitriles is 1. The monoisotopic (exact) mass is 394 g/mol. The summed E-state index contributed by atoms with van der Waals surface area (Å²) in [7, 11) is 0. The van der Waals surface area contributed by atoms with Crippen molar-refractivity contribution in [2.45, 2.75) is 12.8 Å². The van der Waals surface area contributed by atoms with Crippen molar-refractivity contribution in [1.82, 2.24) is 9.78 Å². The molecule has 1 aliphatic heterocycles. The van der Waals surface area contributed by atoms with Gasteiger partial charge in [-0.2, -0.15) is 15.0 Å². The molecule has 0 fully saturated rings. The lowest BCUT2D eigenvalue weighted by Crippen LogP contribution is -2.21. The number of hydrogen-bond donors (Lipinski definition) is 1. The average molecular weight is 394 g/mol. The van der Waals surface area contributed by atoms with Crippen molar-refractivity contribution in [3.05, 3.63) is 101 Å². The lowest BCUT2D eigenvalue weighted by molar-refractivity contribution is 0.359. The number of hydrogen-bond acceptors (Lipinski definition) is 5. The molecule has 5 rings (SSSR count). The number of allylic oxidation sites excluding steroid dienone is 1. The largest absolute Gasteiger partial charge is 0.465 e. The van der Waals surface area contributed by atoms with Crippen LogP contribution in [0.25, 0.3) is 16.9 Å². The maximum Gasteiger partial charge on any atom is 0.229 e. The van der Waals surface area contributed by atoms with Crippen molar-refractivity contribution in [2.75, 3.05) is 0 Å². The Bertz CT molecular complexity index is 1290. The van der Waals surface area contributed by atoms with Gasteiger partial charge in [0.15, 0.2) is 0 Å². The van der Waals surface area contributed by atoms with Gasteiger partial charge < -0.3 is 14.9 Å². The normalized spacial score (nSPS) is 15.4. The number of aromatic nitrogens is 2. The Hall–Kier alpha value is -4.24. The molecular weight excluding hydrogens is 376 g/mol. The van der Waals surface area contributed by atoms with Crippen LogP contribution in [0.5, 0.6) is 5.88 Å². The van der Waals surface area contributed by atoms with Gasteiger partial charge in [-0.15, -0.1) is 0 Å².